The van der Waals surface area contributed by atoms with E-state index in [4.69, 9.17) is 4.74 Å². The van der Waals surface area contributed by atoms with Gasteiger partial charge in [-0.15, -0.1) is 0 Å². The average molecular weight is 360 g/mol. The molecule has 0 saturated carbocycles. The van der Waals surface area contributed by atoms with E-state index in [2.05, 4.69) is 15.9 Å². The van der Waals surface area contributed by atoms with Gasteiger partial charge in [0.15, 0.2) is 0 Å². The van der Waals surface area contributed by atoms with Crippen LogP contribution in [0.3, 0.4) is 0 Å². The Labute approximate surface area is 134 Å². The second kappa shape index (κ2) is 5.73. The summed E-state index contributed by atoms with van der Waals surface area (Å²) in [4.78, 5) is 37.1. The summed E-state index contributed by atoms with van der Waals surface area (Å²) < 4.78 is 5.90. The summed E-state index contributed by atoms with van der Waals surface area (Å²) in [6, 6.07) is 13.2. The van der Waals surface area contributed by atoms with Gasteiger partial charge in [0.1, 0.15) is 12.3 Å². The van der Waals surface area contributed by atoms with E-state index in [9.17, 15) is 14.4 Å². The molecule has 6 heteroatoms. The summed E-state index contributed by atoms with van der Waals surface area (Å²) in [6.45, 7) is -0.418. The second-order valence-corrected chi connectivity index (χ2v) is 5.59. The Morgan fingerprint density at radius 1 is 1.00 bits per heavy atom. The molecule has 5 nitrogen and oxygen atoms in total. The number of carbonyl (C=O) groups excluding carboxylic acids is 3. The predicted octanol–water partition coefficient (Wildman–Crippen LogP) is 2.65. The van der Waals surface area contributed by atoms with Gasteiger partial charge in [0.2, 0.25) is 0 Å². The van der Waals surface area contributed by atoms with E-state index in [1.165, 1.54) is 0 Å². The quantitative estimate of drug-likeness (QED) is 0.480. The third kappa shape index (κ3) is 2.65. The van der Waals surface area contributed by atoms with Crippen molar-refractivity contribution in [2.75, 3.05) is 6.54 Å². The molecule has 2 amide bonds. The van der Waals surface area contributed by atoms with Crippen molar-refractivity contribution in [1.29, 1.82) is 0 Å². The van der Waals surface area contributed by atoms with Crippen LogP contribution in [-0.4, -0.2) is 29.2 Å². The lowest BCUT2D eigenvalue weighted by Gasteiger charge is -2.12. The number of benzene rings is 2. The summed E-state index contributed by atoms with van der Waals surface area (Å²) in [5.41, 5.74) is 0.616. The molecular weight excluding hydrogens is 350 g/mol. The summed E-state index contributed by atoms with van der Waals surface area (Å²) in [6.07, 6.45) is 0. The largest absolute Gasteiger partial charge is 0.425 e. The maximum atomic E-state index is 12.1. The molecule has 2 aromatic carbocycles. The van der Waals surface area contributed by atoms with Crippen molar-refractivity contribution in [3.05, 3.63) is 64.1 Å². The fourth-order valence-electron chi connectivity index (χ4n) is 2.21. The summed E-state index contributed by atoms with van der Waals surface area (Å²) in [7, 11) is 0. The van der Waals surface area contributed by atoms with Crippen molar-refractivity contribution in [1.82, 2.24) is 4.90 Å². The van der Waals surface area contributed by atoms with Crippen LogP contribution in [0, 0.1) is 0 Å². The number of esters is 1. The van der Waals surface area contributed by atoms with Crippen LogP contribution in [0.2, 0.25) is 0 Å². The molecular formula is C16H10BrNO4. The SMILES string of the molecule is O=C(CN1C(=O)c2ccccc2C1=O)Oc1cccc(Br)c1. The van der Waals surface area contributed by atoms with Gasteiger partial charge in [-0.25, -0.2) is 4.79 Å². The van der Waals surface area contributed by atoms with Gasteiger partial charge in [0.05, 0.1) is 11.1 Å². The summed E-state index contributed by atoms with van der Waals surface area (Å²) in [5.74, 6) is -1.29. The van der Waals surface area contributed by atoms with Gasteiger partial charge < -0.3 is 4.74 Å². The van der Waals surface area contributed by atoms with Gasteiger partial charge in [-0.1, -0.05) is 34.1 Å². The fourth-order valence-corrected chi connectivity index (χ4v) is 2.58. The van der Waals surface area contributed by atoms with Crippen molar-refractivity contribution < 1.29 is 19.1 Å². The number of ether oxygens (including phenoxy) is 1. The predicted molar refractivity (Wildman–Crippen MR) is 81.6 cm³/mol. The van der Waals surface area contributed by atoms with Gasteiger partial charge >= 0.3 is 5.97 Å². The molecule has 0 radical (unpaired) electrons. The van der Waals surface area contributed by atoms with Crippen LogP contribution < -0.4 is 4.74 Å². The van der Waals surface area contributed by atoms with Crippen molar-refractivity contribution in [3.63, 3.8) is 0 Å². The van der Waals surface area contributed by atoms with E-state index in [-0.39, 0.29) is 0 Å². The van der Waals surface area contributed by atoms with Crippen LogP contribution in [0.1, 0.15) is 20.7 Å². The minimum atomic E-state index is -0.674. The highest BCUT2D eigenvalue weighted by Gasteiger charge is 2.36. The molecule has 0 aromatic heterocycles. The zero-order chi connectivity index (χ0) is 15.7. The number of hydrogen-bond donors (Lipinski definition) is 0. The topological polar surface area (TPSA) is 63.7 Å². The zero-order valence-electron chi connectivity index (χ0n) is 11.3. The fraction of sp³-hybridized carbons (Fsp3) is 0.0625. The molecule has 0 atom stereocenters. The van der Waals surface area contributed by atoms with Crippen molar-refractivity contribution >= 4 is 33.7 Å². The highest BCUT2D eigenvalue weighted by molar-refractivity contribution is 9.10. The van der Waals surface area contributed by atoms with Crippen molar-refractivity contribution in [2.24, 2.45) is 0 Å². The van der Waals surface area contributed by atoms with E-state index < -0.39 is 24.3 Å². The smallest absolute Gasteiger partial charge is 0.331 e. The minimum Gasteiger partial charge on any atom is -0.425 e. The summed E-state index contributed by atoms with van der Waals surface area (Å²) >= 11 is 3.27. The van der Waals surface area contributed by atoms with E-state index >= 15 is 0 Å². The lowest BCUT2D eigenvalue weighted by molar-refractivity contribution is -0.134. The molecule has 0 bridgehead atoms. The zero-order valence-corrected chi connectivity index (χ0v) is 12.9. The Balaban J connectivity index is 1.73. The molecule has 0 aliphatic carbocycles. The number of halogens is 1. The lowest BCUT2D eigenvalue weighted by atomic mass is 10.1. The van der Waals surface area contributed by atoms with E-state index in [0.29, 0.717) is 16.9 Å². The van der Waals surface area contributed by atoms with Crippen molar-refractivity contribution in [2.45, 2.75) is 0 Å². The van der Waals surface area contributed by atoms with Crippen LogP contribution in [-0.2, 0) is 4.79 Å². The molecule has 110 valence electrons. The van der Waals surface area contributed by atoms with E-state index in [1.54, 1.807) is 48.5 Å². The van der Waals surface area contributed by atoms with Gasteiger partial charge in [-0.05, 0) is 30.3 Å². The maximum Gasteiger partial charge on any atom is 0.331 e. The molecule has 0 fully saturated rings. The number of carbonyl (C=O) groups is 3. The number of fused-ring (bicyclic) bond motifs is 1. The first-order chi connectivity index (χ1) is 10.6. The van der Waals surface area contributed by atoms with Crippen molar-refractivity contribution in [3.8, 4) is 5.75 Å². The summed E-state index contributed by atoms with van der Waals surface area (Å²) in [5, 5.41) is 0. The van der Waals surface area contributed by atoms with Gasteiger partial charge in [0, 0.05) is 4.47 Å². The highest BCUT2D eigenvalue weighted by atomic mass is 79.9. The number of amides is 2. The second-order valence-electron chi connectivity index (χ2n) is 4.67. The van der Waals surface area contributed by atoms with Gasteiger partial charge in [0.25, 0.3) is 11.8 Å². The Morgan fingerprint density at radius 3 is 2.23 bits per heavy atom. The van der Waals surface area contributed by atoms with Crippen LogP contribution >= 0.6 is 15.9 Å². The van der Waals surface area contributed by atoms with E-state index in [1.807, 2.05) is 0 Å². The minimum absolute atomic E-state index is 0.308. The van der Waals surface area contributed by atoms with E-state index in [0.717, 1.165) is 9.37 Å². The maximum absolute atomic E-state index is 12.1. The van der Waals surface area contributed by atoms with Gasteiger partial charge in [-0.2, -0.15) is 0 Å². The molecule has 3 rings (SSSR count). The Kier molecular flexibility index (Phi) is 3.77. The van der Waals surface area contributed by atoms with Gasteiger partial charge in [-0.3, -0.25) is 14.5 Å². The third-order valence-corrected chi connectivity index (χ3v) is 3.69. The number of nitrogens with zero attached hydrogens (tertiary/aromatic N) is 1. The van der Waals surface area contributed by atoms with Crippen LogP contribution in [0.4, 0.5) is 0 Å². The highest BCUT2D eigenvalue weighted by Crippen LogP contribution is 2.23. The van der Waals surface area contributed by atoms with Crippen LogP contribution in [0.15, 0.2) is 53.0 Å². The monoisotopic (exact) mass is 359 g/mol. The first kappa shape index (κ1) is 14.5. The molecule has 1 aliphatic heterocycles. The number of hydrogen-bond acceptors (Lipinski definition) is 4. The molecule has 0 spiro atoms. The van der Waals surface area contributed by atoms with Crippen LogP contribution in [0.5, 0.6) is 5.75 Å². The normalized spacial score (nSPS) is 13.2. The number of imide groups is 1. The first-order valence-corrected chi connectivity index (χ1v) is 7.27. The molecule has 0 N–H and O–H groups in total. The lowest BCUT2D eigenvalue weighted by Crippen LogP contribution is -2.36. The Bertz CT molecular complexity index is 752. The third-order valence-electron chi connectivity index (χ3n) is 3.19. The molecule has 0 saturated heterocycles. The number of rotatable bonds is 3. The average Bonchev–Trinajstić information content (AvgIpc) is 2.73. The first-order valence-electron chi connectivity index (χ1n) is 6.48. The molecule has 2 aromatic rings. The standard InChI is InChI=1S/C16H10BrNO4/c17-10-4-3-5-11(8-10)22-14(19)9-18-15(20)12-6-1-2-7-13(12)16(18)21/h1-8H,9H2. The van der Waals surface area contributed by atoms with Crippen LogP contribution in [0.25, 0.3) is 0 Å². The molecule has 1 heterocycles. The molecule has 1 aliphatic rings. The molecule has 0 unspecified atom stereocenters. The Morgan fingerprint density at radius 2 is 1.64 bits per heavy atom. The molecule has 22 heavy (non-hydrogen) atoms. The Hall–Kier alpha value is -2.47.